The summed E-state index contributed by atoms with van der Waals surface area (Å²) in [5.74, 6) is -1.38. The number of primary amides is 1. The zero-order chi connectivity index (χ0) is 23.1. The molecular formula is C23H20N3O5S. The van der Waals surface area contributed by atoms with Crippen LogP contribution >= 0.6 is 0 Å². The average molecular weight is 450 g/mol. The van der Waals surface area contributed by atoms with E-state index in [0.29, 0.717) is 16.8 Å². The molecule has 163 valence electrons. The number of carbonyl (C=O) groups excluding carboxylic acids is 2. The molecule has 3 N–H and O–H groups in total. The molecular weight excluding hydrogens is 430 g/mol. The van der Waals surface area contributed by atoms with Crippen molar-refractivity contribution in [1.82, 2.24) is 9.88 Å². The van der Waals surface area contributed by atoms with Gasteiger partial charge in [0.05, 0.1) is 4.90 Å². The van der Waals surface area contributed by atoms with Crippen LogP contribution in [0.5, 0.6) is 0 Å². The summed E-state index contributed by atoms with van der Waals surface area (Å²) < 4.78 is 25.7. The number of hydrogen-bond donors (Lipinski definition) is 2. The molecule has 0 saturated heterocycles. The molecule has 32 heavy (non-hydrogen) atoms. The van der Waals surface area contributed by atoms with Gasteiger partial charge in [0.1, 0.15) is 5.54 Å². The number of sulfone groups is 1. The van der Waals surface area contributed by atoms with Crippen LogP contribution in [0, 0.1) is 6.42 Å². The molecule has 0 aliphatic heterocycles. The van der Waals surface area contributed by atoms with E-state index in [1.165, 1.54) is 41.3 Å². The molecule has 1 unspecified atom stereocenters. The molecule has 2 aromatic carbocycles. The molecule has 8 nitrogen and oxygen atoms in total. The Morgan fingerprint density at radius 1 is 1.03 bits per heavy atom. The Bertz CT molecular complexity index is 1390. The minimum atomic E-state index is -3.53. The number of nitrogens with zero attached hydrogens (tertiary/aromatic N) is 1. The van der Waals surface area contributed by atoms with Crippen LogP contribution in [0.3, 0.4) is 0 Å². The van der Waals surface area contributed by atoms with Crippen molar-refractivity contribution in [3.8, 4) is 5.69 Å². The summed E-state index contributed by atoms with van der Waals surface area (Å²) in [6.45, 7) is 0. The molecule has 9 heteroatoms. The van der Waals surface area contributed by atoms with Crippen LogP contribution in [0.25, 0.3) is 5.69 Å². The molecule has 3 aromatic rings. The first-order valence-corrected chi connectivity index (χ1v) is 11.6. The Kier molecular flexibility index (Phi) is 5.21. The Morgan fingerprint density at radius 3 is 2.38 bits per heavy atom. The van der Waals surface area contributed by atoms with Gasteiger partial charge in [-0.05, 0) is 53.9 Å². The third-order valence-corrected chi connectivity index (χ3v) is 6.68. The normalized spacial score (nSPS) is 17.5. The number of carbonyl (C=O) groups is 2. The van der Waals surface area contributed by atoms with Crippen molar-refractivity contribution in [2.75, 3.05) is 6.26 Å². The first kappa shape index (κ1) is 21.5. The fourth-order valence-electron chi connectivity index (χ4n) is 3.94. The van der Waals surface area contributed by atoms with Gasteiger partial charge in [0.2, 0.25) is 5.91 Å². The lowest BCUT2D eigenvalue weighted by Gasteiger charge is -2.28. The summed E-state index contributed by atoms with van der Waals surface area (Å²) in [6.07, 6.45) is 4.39. The van der Waals surface area contributed by atoms with Gasteiger partial charge in [-0.25, -0.2) is 8.42 Å². The van der Waals surface area contributed by atoms with Gasteiger partial charge in [0, 0.05) is 36.2 Å². The van der Waals surface area contributed by atoms with Gasteiger partial charge >= 0.3 is 0 Å². The van der Waals surface area contributed by atoms with Gasteiger partial charge in [0.15, 0.2) is 9.84 Å². The summed E-state index contributed by atoms with van der Waals surface area (Å²) in [4.78, 5) is 37.6. The fourth-order valence-corrected chi connectivity index (χ4v) is 4.90. The van der Waals surface area contributed by atoms with E-state index in [1.54, 1.807) is 36.5 Å². The Hall–Kier alpha value is -3.72. The maximum absolute atomic E-state index is 13.0. The van der Waals surface area contributed by atoms with Gasteiger partial charge in [-0.3, -0.25) is 19.0 Å². The summed E-state index contributed by atoms with van der Waals surface area (Å²) in [7, 11) is -3.53. The highest BCUT2D eigenvalue weighted by molar-refractivity contribution is 7.90. The Labute approximate surface area is 184 Å². The number of fused-ring (bicyclic) bond motifs is 1. The van der Waals surface area contributed by atoms with Gasteiger partial charge in [-0.15, -0.1) is 0 Å². The summed E-state index contributed by atoms with van der Waals surface area (Å²) in [5.41, 5.74) is 5.43. The fraction of sp³-hybridized carbons (Fsp3) is 0.130. The van der Waals surface area contributed by atoms with E-state index in [1.807, 2.05) is 0 Å². The van der Waals surface area contributed by atoms with Gasteiger partial charge in [-0.2, -0.15) is 0 Å². The number of nitrogens with two attached hydrogens (primary N) is 1. The lowest BCUT2D eigenvalue weighted by Crippen LogP contribution is -2.53. The predicted octanol–water partition coefficient (Wildman–Crippen LogP) is 1.11. The molecule has 1 aliphatic rings. The van der Waals surface area contributed by atoms with Crippen molar-refractivity contribution in [1.29, 1.82) is 0 Å². The van der Waals surface area contributed by atoms with E-state index in [2.05, 4.69) is 5.32 Å². The standard InChI is InChI=1S/C23H20N3O5S/c1-32(30,31)19-6-4-5-18-17(19)12-13-23(18,22(24)29)25-21(28)15-8-10-16(11-9-15)26-14-3-2-7-20(26)27/h2-11,13-14H,12H2,1H3,(H2,24,29)(H,25,28). The van der Waals surface area contributed by atoms with Crippen molar-refractivity contribution in [2.45, 2.75) is 16.9 Å². The van der Waals surface area contributed by atoms with Crippen LogP contribution < -0.4 is 16.6 Å². The molecule has 0 bridgehead atoms. The SMILES string of the molecule is CS(=O)(=O)c1cccc2c1C[CH]C2(NC(=O)c1ccc(-n2ccccc2=O)cc1)C(N)=O. The van der Waals surface area contributed by atoms with Crippen molar-refractivity contribution in [3.05, 3.63) is 100 Å². The maximum atomic E-state index is 13.0. The highest BCUT2D eigenvalue weighted by atomic mass is 32.2. The van der Waals surface area contributed by atoms with Crippen LogP contribution in [-0.2, 0) is 26.6 Å². The predicted molar refractivity (Wildman–Crippen MR) is 118 cm³/mol. The van der Waals surface area contributed by atoms with E-state index in [9.17, 15) is 22.8 Å². The minimum Gasteiger partial charge on any atom is -0.367 e. The van der Waals surface area contributed by atoms with E-state index in [0.717, 1.165) is 6.26 Å². The first-order valence-electron chi connectivity index (χ1n) is 9.71. The first-order chi connectivity index (χ1) is 15.1. The molecule has 4 rings (SSSR count). The second kappa shape index (κ2) is 7.76. The van der Waals surface area contributed by atoms with E-state index < -0.39 is 27.2 Å². The van der Waals surface area contributed by atoms with Gasteiger partial charge in [0.25, 0.3) is 11.5 Å². The number of hydrogen-bond acceptors (Lipinski definition) is 5. The van der Waals surface area contributed by atoms with E-state index in [-0.39, 0.29) is 22.4 Å². The molecule has 1 radical (unpaired) electrons. The second-order valence-electron chi connectivity index (χ2n) is 7.54. The number of amides is 2. The van der Waals surface area contributed by atoms with Crippen LogP contribution in [-0.4, -0.2) is 31.1 Å². The van der Waals surface area contributed by atoms with Crippen LogP contribution in [0.4, 0.5) is 0 Å². The highest BCUT2D eigenvalue weighted by Crippen LogP contribution is 2.39. The number of aromatic nitrogens is 1. The summed E-state index contributed by atoms with van der Waals surface area (Å²) in [5, 5.41) is 2.68. The van der Waals surface area contributed by atoms with E-state index in [4.69, 9.17) is 5.73 Å². The van der Waals surface area contributed by atoms with Crippen molar-refractivity contribution in [3.63, 3.8) is 0 Å². The number of rotatable bonds is 5. The molecule has 0 fully saturated rings. The number of nitrogens with one attached hydrogen (secondary N) is 1. The van der Waals surface area contributed by atoms with Crippen LogP contribution in [0.1, 0.15) is 21.5 Å². The molecule has 1 aromatic heterocycles. The molecule has 1 aliphatic carbocycles. The minimum absolute atomic E-state index is 0.0984. The molecule has 1 heterocycles. The van der Waals surface area contributed by atoms with Crippen molar-refractivity contribution >= 4 is 21.7 Å². The largest absolute Gasteiger partial charge is 0.367 e. The zero-order valence-corrected chi connectivity index (χ0v) is 17.9. The van der Waals surface area contributed by atoms with E-state index >= 15 is 0 Å². The van der Waals surface area contributed by atoms with Gasteiger partial charge < -0.3 is 11.1 Å². The van der Waals surface area contributed by atoms with Crippen molar-refractivity contribution in [2.24, 2.45) is 5.73 Å². The van der Waals surface area contributed by atoms with Crippen LogP contribution in [0.2, 0.25) is 0 Å². The summed E-state index contributed by atoms with van der Waals surface area (Å²) in [6, 6.07) is 15.6. The highest BCUT2D eigenvalue weighted by Gasteiger charge is 2.47. The average Bonchev–Trinajstić information content (AvgIpc) is 3.13. The quantitative estimate of drug-likeness (QED) is 0.602. The zero-order valence-electron chi connectivity index (χ0n) is 17.1. The Balaban J connectivity index is 1.68. The maximum Gasteiger partial charge on any atom is 0.255 e. The van der Waals surface area contributed by atoms with Crippen LogP contribution in [0.15, 0.2) is 76.6 Å². The van der Waals surface area contributed by atoms with Crippen molar-refractivity contribution < 1.29 is 18.0 Å². The molecule has 1 atom stereocenters. The third-order valence-electron chi connectivity index (χ3n) is 5.50. The molecule has 0 spiro atoms. The van der Waals surface area contributed by atoms with Gasteiger partial charge in [-0.1, -0.05) is 18.2 Å². The second-order valence-corrected chi connectivity index (χ2v) is 9.53. The Morgan fingerprint density at radius 2 is 1.75 bits per heavy atom. The smallest absolute Gasteiger partial charge is 0.255 e. The summed E-state index contributed by atoms with van der Waals surface area (Å²) >= 11 is 0. The lowest BCUT2D eigenvalue weighted by molar-refractivity contribution is -0.123. The molecule has 0 saturated carbocycles. The lowest BCUT2D eigenvalue weighted by atomic mass is 9.90. The molecule has 2 amide bonds. The third kappa shape index (κ3) is 3.60. The number of pyridine rings is 1. The number of benzene rings is 2. The topological polar surface area (TPSA) is 128 Å². The monoisotopic (exact) mass is 450 g/mol.